The summed E-state index contributed by atoms with van der Waals surface area (Å²) in [6, 6.07) is 15.2. The number of halogens is 1. The van der Waals surface area contributed by atoms with E-state index in [4.69, 9.17) is 9.47 Å². The quantitative estimate of drug-likeness (QED) is 0.563. The van der Waals surface area contributed by atoms with Crippen molar-refractivity contribution in [1.29, 1.82) is 0 Å². The Balaban J connectivity index is 1.64. The highest BCUT2D eigenvalue weighted by atomic mass is 79.9. The largest absolute Gasteiger partial charge is 0.484 e. The van der Waals surface area contributed by atoms with Crippen molar-refractivity contribution >= 4 is 33.7 Å². The summed E-state index contributed by atoms with van der Waals surface area (Å²) in [7, 11) is 0. The van der Waals surface area contributed by atoms with E-state index in [9.17, 15) is 14.4 Å². The fourth-order valence-corrected chi connectivity index (χ4v) is 1.94. The van der Waals surface area contributed by atoms with Gasteiger partial charge in [-0.2, -0.15) is 0 Å². The number of ether oxygens (including phenoxy) is 2. The number of rotatable bonds is 6. The number of esters is 1. The fourth-order valence-electron chi connectivity index (χ4n) is 1.68. The molecule has 2 aromatic carbocycles. The Hall–Kier alpha value is -2.87. The maximum atomic E-state index is 11.7. The van der Waals surface area contributed by atoms with Gasteiger partial charge in [-0.05, 0) is 36.4 Å². The monoisotopic (exact) mass is 406 g/mol. The van der Waals surface area contributed by atoms with Gasteiger partial charge in [0.1, 0.15) is 5.75 Å². The molecule has 25 heavy (non-hydrogen) atoms. The molecule has 0 fully saturated rings. The standard InChI is InChI=1S/C17H15BrN2O5/c18-13-6-8-14(9-7-13)24-10-15(21)19-20-16(22)11-25-17(23)12-4-2-1-3-5-12/h1-9H,10-11H2,(H,19,21)(H,20,22). The van der Waals surface area contributed by atoms with Gasteiger partial charge in [0, 0.05) is 4.47 Å². The lowest BCUT2D eigenvalue weighted by molar-refractivity contribution is -0.131. The highest BCUT2D eigenvalue weighted by molar-refractivity contribution is 9.10. The van der Waals surface area contributed by atoms with Crippen molar-refractivity contribution in [1.82, 2.24) is 10.9 Å². The van der Waals surface area contributed by atoms with E-state index in [1.807, 2.05) is 0 Å². The van der Waals surface area contributed by atoms with Gasteiger partial charge in [-0.1, -0.05) is 34.1 Å². The lowest BCUT2D eigenvalue weighted by Gasteiger charge is -2.09. The molecule has 0 aliphatic rings. The third kappa shape index (κ3) is 6.64. The molecule has 7 nitrogen and oxygen atoms in total. The number of hydrazine groups is 1. The summed E-state index contributed by atoms with van der Waals surface area (Å²) in [5.74, 6) is -1.32. The van der Waals surface area contributed by atoms with E-state index in [0.717, 1.165) is 4.47 Å². The van der Waals surface area contributed by atoms with Crippen LogP contribution in [0.4, 0.5) is 0 Å². The number of carbonyl (C=O) groups is 3. The Morgan fingerprint density at radius 3 is 2.08 bits per heavy atom. The zero-order valence-corrected chi connectivity index (χ0v) is 14.6. The van der Waals surface area contributed by atoms with E-state index in [-0.39, 0.29) is 6.61 Å². The van der Waals surface area contributed by atoms with Gasteiger partial charge in [0.25, 0.3) is 11.8 Å². The van der Waals surface area contributed by atoms with E-state index in [1.165, 1.54) is 0 Å². The first-order valence-corrected chi connectivity index (χ1v) is 8.02. The van der Waals surface area contributed by atoms with Gasteiger partial charge < -0.3 is 9.47 Å². The molecule has 0 atom stereocenters. The summed E-state index contributed by atoms with van der Waals surface area (Å²) >= 11 is 3.29. The fraction of sp³-hybridized carbons (Fsp3) is 0.118. The second-order valence-electron chi connectivity index (χ2n) is 4.78. The van der Waals surface area contributed by atoms with Crippen molar-refractivity contribution in [2.45, 2.75) is 0 Å². The molecule has 2 N–H and O–H groups in total. The molecule has 2 aromatic rings. The van der Waals surface area contributed by atoms with Crippen LogP contribution < -0.4 is 15.6 Å². The number of nitrogens with one attached hydrogen (secondary N) is 2. The first kappa shape index (κ1) is 18.5. The van der Waals surface area contributed by atoms with E-state index in [0.29, 0.717) is 11.3 Å². The Bertz CT molecular complexity index is 734. The Labute approximate surface area is 152 Å². The first-order valence-electron chi connectivity index (χ1n) is 7.23. The topological polar surface area (TPSA) is 93.7 Å². The molecule has 2 amide bonds. The number of benzene rings is 2. The summed E-state index contributed by atoms with van der Waals surface area (Å²) in [5, 5.41) is 0. The van der Waals surface area contributed by atoms with Gasteiger partial charge in [0.15, 0.2) is 13.2 Å². The number of hydrogen-bond donors (Lipinski definition) is 2. The average Bonchev–Trinajstić information content (AvgIpc) is 2.64. The van der Waals surface area contributed by atoms with E-state index in [2.05, 4.69) is 26.8 Å². The van der Waals surface area contributed by atoms with Crippen LogP contribution in [0.25, 0.3) is 0 Å². The molecule has 130 valence electrons. The van der Waals surface area contributed by atoms with Crippen LogP contribution in [0.3, 0.4) is 0 Å². The molecule has 8 heteroatoms. The van der Waals surface area contributed by atoms with E-state index in [1.54, 1.807) is 54.6 Å². The lowest BCUT2D eigenvalue weighted by Crippen LogP contribution is -2.45. The van der Waals surface area contributed by atoms with Crippen LogP contribution in [0, 0.1) is 0 Å². The minimum Gasteiger partial charge on any atom is -0.484 e. The van der Waals surface area contributed by atoms with Crippen molar-refractivity contribution in [3.8, 4) is 5.75 Å². The highest BCUT2D eigenvalue weighted by Gasteiger charge is 2.10. The van der Waals surface area contributed by atoms with Crippen molar-refractivity contribution < 1.29 is 23.9 Å². The molecule has 0 aliphatic heterocycles. The van der Waals surface area contributed by atoms with Crippen LogP contribution in [-0.4, -0.2) is 31.0 Å². The van der Waals surface area contributed by atoms with Gasteiger partial charge >= 0.3 is 5.97 Å². The molecule has 0 unspecified atom stereocenters. The van der Waals surface area contributed by atoms with Gasteiger partial charge in [0.2, 0.25) is 0 Å². The van der Waals surface area contributed by atoms with Crippen LogP contribution in [0.5, 0.6) is 5.75 Å². The van der Waals surface area contributed by atoms with Crippen LogP contribution in [0.2, 0.25) is 0 Å². The Morgan fingerprint density at radius 1 is 0.840 bits per heavy atom. The molecular formula is C17H15BrN2O5. The minimum atomic E-state index is -0.665. The van der Waals surface area contributed by atoms with Crippen LogP contribution >= 0.6 is 15.9 Å². The molecule has 0 saturated carbocycles. The summed E-state index contributed by atoms with van der Waals surface area (Å²) in [5.41, 5.74) is 4.63. The second-order valence-corrected chi connectivity index (χ2v) is 5.70. The molecule has 0 saturated heterocycles. The molecular weight excluding hydrogens is 392 g/mol. The van der Waals surface area contributed by atoms with Gasteiger partial charge in [0.05, 0.1) is 5.56 Å². The van der Waals surface area contributed by atoms with Crippen molar-refractivity contribution in [3.05, 3.63) is 64.6 Å². The third-order valence-electron chi connectivity index (χ3n) is 2.87. The van der Waals surface area contributed by atoms with Crippen LogP contribution in [-0.2, 0) is 14.3 Å². The lowest BCUT2D eigenvalue weighted by atomic mass is 10.2. The average molecular weight is 407 g/mol. The summed E-state index contributed by atoms with van der Waals surface area (Å²) in [6.07, 6.45) is 0. The van der Waals surface area contributed by atoms with E-state index >= 15 is 0 Å². The normalized spacial score (nSPS) is 9.80. The minimum absolute atomic E-state index is 0.272. The van der Waals surface area contributed by atoms with Crippen molar-refractivity contribution in [2.75, 3.05) is 13.2 Å². The Kier molecular flexibility index (Phi) is 6.97. The highest BCUT2D eigenvalue weighted by Crippen LogP contribution is 2.15. The van der Waals surface area contributed by atoms with Gasteiger partial charge in [-0.25, -0.2) is 4.79 Å². The summed E-state index contributed by atoms with van der Waals surface area (Å²) in [4.78, 5) is 34.8. The van der Waals surface area contributed by atoms with Gasteiger partial charge in [-0.15, -0.1) is 0 Å². The SMILES string of the molecule is O=C(COC(=O)c1ccccc1)NNC(=O)COc1ccc(Br)cc1. The molecule has 2 rings (SSSR count). The zero-order valence-electron chi connectivity index (χ0n) is 13.0. The van der Waals surface area contributed by atoms with Crippen LogP contribution in [0.1, 0.15) is 10.4 Å². The maximum Gasteiger partial charge on any atom is 0.338 e. The molecule has 0 aromatic heterocycles. The molecule has 0 heterocycles. The number of hydrogen-bond acceptors (Lipinski definition) is 5. The molecule has 0 aliphatic carbocycles. The van der Waals surface area contributed by atoms with Crippen molar-refractivity contribution in [2.24, 2.45) is 0 Å². The molecule has 0 bridgehead atoms. The smallest absolute Gasteiger partial charge is 0.338 e. The second kappa shape index (κ2) is 9.43. The summed E-state index contributed by atoms with van der Waals surface area (Å²) < 4.78 is 11.0. The molecule has 0 spiro atoms. The first-order chi connectivity index (χ1) is 12.0. The maximum absolute atomic E-state index is 11.7. The predicted octanol–water partition coefficient (Wildman–Crippen LogP) is 1.83. The predicted molar refractivity (Wildman–Crippen MR) is 92.6 cm³/mol. The molecule has 0 radical (unpaired) electrons. The van der Waals surface area contributed by atoms with Crippen molar-refractivity contribution in [3.63, 3.8) is 0 Å². The van der Waals surface area contributed by atoms with E-state index < -0.39 is 24.4 Å². The van der Waals surface area contributed by atoms with Crippen LogP contribution in [0.15, 0.2) is 59.1 Å². The zero-order chi connectivity index (χ0) is 18.1. The number of amides is 2. The van der Waals surface area contributed by atoms with Gasteiger partial charge in [-0.3, -0.25) is 20.4 Å². The Morgan fingerprint density at radius 2 is 1.44 bits per heavy atom. The summed E-state index contributed by atoms with van der Waals surface area (Å²) in [6.45, 7) is -0.784. The third-order valence-corrected chi connectivity index (χ3v) is 3.40. The number of carbonyl (C=O) groups excluding carboxylic acids is 3.